The lowest BCUT2D eigenvalue weighted by Crippen LogP contribution is -2.37. The van der Waals surface area contributed by atoms with Gasteiger partial charge in [-0.2, -0.15) is 0 Å². The first kappa shape index (κ1) is 14.7. The third-order valence-electron chi connectivity index (χ3n) is 3.47. The number of nitrogens with zero attached hydrogens (tertiary/aromatic N) is 2. The molecule has 1 aliphatic heterocycles. The molecule has 0 amide bonds. The normalized spacial score (nSPS) is 24.3. The van der Waals surface area contributed by atoms with Gasteiger partial charge in [0.2, 0.25) is 0 Å². The van der Waals surface area contributed by atoms with Crippen LogP contribution < -0.4 is 0 Å². The summed E-state index contributed by atoms with van der Waals surface area (Å²) in [6.45, 7) is 2.19. The molecule has 2 rings (SSSR count). The number of likely N-dealkylation sites (tertiary alicyclic amines) is 1. The highest BCUT2D eigenvalue weighted by molar-refractivity contribution is 6.31. The average Bonchev–Trinajstić information content (AvgIpc) is 2.62. The first-order chi connectivity index (χ1) is 8.95. The summed E-state index contributed by atoms with van der Waals surface area (Å²) in [5, 5.41) is 10.3. The smallest absolute Gasteiger partial charge is 0.124 e. The third-order valence-corrected chi connectivity index (χ3v) is 3.82. The van der Waals surface area contributed by atoms with E-state index in [0.29, 0.717) is 24.2 Å². The Hall–Kier alpha value is -0.680. The van der Waals surface area contributed by atoms with Gasteiger partial charge < -0.3 is 10.0 Å². The molecule has 1 aromatic carbocycles. The minimum absolute atomic E-state index is 0.288. The van der Waals surface area contributed by atoms with Crippen molar-refractivity contribution in [2.45, 2.75) is 25.1 Å². The van der Waals surface area contributed by atoms with E-state index in [9.17, 15) is 9.50 Å². The van der Waals surface area contributed by atoms with Crippen LogP contribution in [0.4, 0.5) is 4.39 Å². The highest BCUT2D eigenvalue weighted by Gasteiger charge is 2.31. The van der Waals surface area contributed by atoms with E-state index in [1.807, 2.05) is 14.1 Å². The van der Waals surface area contributed by atoms with Gasteiger partial charge in [0.05, 0.1) is 6.10 Å². The number of likely N-dealkylation sites (N-methyl/N-ethyl adjacent to an activating group) is 1. The van der Waals surface area contributed by atoms with Crippen LogP contribution in [0.25, 0.3) is 0 Å². The summed E-state index contributed by atoms with van der Waals surface area (Å²) in [5.41, 5.74) is 0.904. The number of hydrogen-bond acceptors (Lipinski definition) is 3. The number of β-amino-alcohol motifs (C(OH)–C–C–N with tert-alkyl or cyclic N) is 1. The van der Waals surface area contributed by atoms with Crippen molar-refractivity contribution >= 4 is 11.6 Å². The molecule has 1 aromatic rings. The molecule has 0 aromatic heterocycles. The Morgan fingerprint density at radius 3 is 2.84 bits per heavy atom. The first-order valence-corrected chi connectivity index (χ1v) is 6.84. The Morgan fingerprint density at radius 1 is 1.47 bits per heavy atom. The number of hydrogen-bond donors (Lipinski definition) is 1. The predicted octanol–water partition coefficient (Wildman–Crippen LogP) is 1.98. The van der Waals surface area contributed by atoms with Gasteiger partial charge in [0.25, 0.3) is 0 Å². The van der Waals surface area contributed by atoms with Gasteiger partial charge in [0.1, 0.15) is 5.82 Å². The minimum atomic E-state index is -0.319. The van der Waals surface area contributed by atoms with E-state index in [2.05, 4.69) is 9.80 Å². The lowest BCUT2D eigenvalue weighted by atomic mass is 10.1. The van der Waals surface area contributed by atoms with Crippen molar-refractivity contribution in [1.29, 1.82) is 0 Å². The number of benzene rings is 1. The molecular weight excluding hydrogens is 267 g/mol. The number of aliphatic hydroxyl groups excluding tert-OH is 1. The quantitative estimate of drug-likeness (QED) is 0.917. The summed E-state index contributed by atoms with van der Waals surface area (Å²) >= 11 is 6.06. The van der Waals surface area contributed by atoms with E-state index in [0.717, 1.165) is 18.5 Å². The Balaban J connectivity index is 2.07. The molecule has 1 heterocycles. The molecule has 106 valence electrons. The summed E-state index contributed by atoms with van der Waals surface area (Å²) in [6, 6.07) is 4.79. The van der Waals surface area contributed by atoms with Gasteiger partial charge in [-0.05, 0) is 38.2 Å². The molecule has 1 aliphatic rings. The second kappa shape index (κ2) is 6.18. The predicted molar refractivity (Wildman–Crippen MR) is 74.8 cm³/mol. The van der Waals surface area contributed by atoms with Crippen molar-refractivity contribution in [1.82, 2.24) is 9.80 Å². The maximum Gasteiger partial charge on any atom is 0.124 e. The summed E-state index contributed by atoms with van der Waals surface area (Å²) in [7, 11) is 4.04. The summed E-state index contributed by atoms with van der Waals surface area (Å²) in [6.07, 6.45) is 0.487. The molecule has 0 saturated carbocycles. The van der Waals surface area contributed by atoms with Gasteiger partial charge in [-0.1, -0.05) is 17.7 Å². The van der Waals surface area contributed by atoms with E-state index in [4.69, 9.17) is 11.6 Å². The standard InChI is InChI=1S/C14H20ClFN2O/c1-17(2)8-12-6-13(19)9-18(12)7-10-3-4-11(16)5-14(10)15/h3-5,12-13,19H,6-9H2,1-2H3. The van der Waals surface area contributed by atoms with Crippen LogP contribution in [0.15, 0.2) is 18.2 Å². The topological polar surface area (TPSA) is 26.7 Å². The van der Waals surface area contributed by atoms with Crippen molar-refractivity contribution in [3.63, 3.8) is 0 Å². The van der Waals surface area contributed by atoms with Gasteiger partial charge in [-0.25, -0.2) is 4.39 Å². The zero-order chi connectivity index (χ0) is 14.0. The van der Waals surface area contributed by atoms with E-state index in [1.165, 1.54) is 12.1 Å². The first-order valence-electron chi connectivity index (χ1n) is 6.46. The van der Waals surface area contributed by atoms with E-state index in [-0.39, 0.29) is 11.9 Å². The number of rotatable bonds is 4. The monoisotopic (exact) mass is 286 g/mol. The highest BCUT2D eigenvalue weighted by atomic mass is 35.5. The molecule has 19 heavy (non-hydrogen) atoms. The van der Waals surface area contributed by atoms with Gasteiger partial charge >= 0.3 is 0 Å². The van der Waals surface area contributed by atoms with Crippen LogP contribution in [0.5, 0.6) is 0 Å². The lowest BCUT2D eigenvalue weighted by Gasteiger charge is -2.27. The fourth-order valence-electron chi connectivity index (χ4n) is 2.63. The van der Waals surface area contributed by atoms with E-state index in [1.54, 1.807) is 6.07 Å². The van der Waals surface area contributed by atoms with Crippen LogP contribution in [0.2, 0.25) is 5.02 Å². The van der Waals surface area contributed by atoms with Gasteiger partial charge in [-0.3, -0.25) is 4.90 Å². The van der Waals surface area contributed by atoms with Crippen LogP contribution in [0.3, 0.4) is 0 Å². The SMILES string of the molecule is CN(C)CC1CC(O)CN1Cc1ccc(F)cc1Cl. The van der Waals surface area contributed by atoms with Crippen LogP contribution in [0.1, 0.15) is 12.0 Å². The molecule has 0 radical (unpaired) electrons. The lowest BCUT2D eigenvalue weighted by molar-refractivity contribution is 0.169. The second-order valence-corrected chi connectivity index (χ2v) is 5.88. The molecule has 1 N–H and O–H groups in total. The van der Waals surface area contributed by atoms with Crippen molar-refractivity contribution in [3.8, 4) is 0 Å². The van der Waals surface area contributed by atoms with Crippen LogP contribution >= 0.6 is 11.6 Å². The Bertz CT molecular complexity index is 441. The van der Waals surface area contributed by atoms with E-state index >= 15 is 0 Å². The van der Waals surface area contributed by atoms with Crippen molar-refractivity contribution in [3.05, 3.63) is 34.6 Å². The van der Waals surface area contributed by atoms with E-state index < -0.39 is 0 Å². The zero-order valence-electron chi connectivity index (χ0n) is 11.3. The van der Waals surface area contributed by atoms with Crippen molar-refractivity contribution < 1.29 is 9.50 Å². The highest BCUT2D eigenvalue weighted by Crippen LogP contribution is 2.25. The fourth-order valence-corrected chi connectivity index (χ4v) is 2.86. The summed E-state index contributed by atoms with van der Waals surface area (Å²) < 4.78 is 13.0. The Kier molecular flexibility index (Phi) is 4.79. The molecule has 2 unspecified atom stereocenters. The Labute approximate surface area is 118 Å². The van der Waals surface area contributed by atoms with Gasteiger partial charge in [0.15, 0.2) is 0 Å². The zero-order valence-corrected chi connectivity index (χ0v) is 12.1. The molecule has 5 heteroatoms. The summed E-state index contributed by atoms with van der Waals surface area (Å²) in [4.78, 5) is 4.33. The second-order valence-electron chi connectivity index (χ2n) is 5.47. The van der Waals surface area contributed by atoms with Crippen LogP contribution in [-0.2, 0) is 6.54 Å². The van der Waals surface area contributed by atoms with Crippen LogP contribution in [0, 0.1) is 5.82 Å². The van der Waals surface area contributed by atoms with Gasteiger partial charge in [-0.15, -0.1) is 0 Å². The average molecular weight is 287 g/mol. The molecule has 1 saturated heterocycles. The molecule has 3 nitrogen and oxygen atoms in total. The largest absolute Gasteiger partial charge is 0.392 e. The minimum Gasteiger partial charge on any atom is -0.392 e. The molecule has 0 spiro atoms. The third kappa shape index (κ3) is 3.89. The maximum absolute atomic E-state index is 13.0. The molecule has 1 fully saturated rings. The number of aliphatic hydroxyl groups is 1. The molecule has 2 atom stereocenters. The Morgan fingerprint density at radius 2 is 2.21 bits per heavy atom. The fraction of sp³-hybridized carbons (Fsp3) is 0.571. The molecule has 0 aliphatic carbocycles. The van der Waals surface area contributed by atoms with Crippen molar-refractivity contribution in [2.75, 3.05) is 27.2 Å². The van der Waals surface area contributed by atoms with Crippen molar-refractivity contribution in [2.24, 2.45) is 0 Å². The molecule has 0 bridgehead atoms. The number of halogens is 2. The summed E-state index contributed by atoms with van der Waals surface area (Å²) in [5.74, 6) is -0.319. The molecular formula is C14H20ClFN2O. The van der Waals surface area contributed by atoms with Gasteiger partial charge in [0, 0.05) is 30.7 Å². The maximum atomic E-state index is 13.0. The van der Waals surface area contributed by atoms with Crippen LogP contribution in [-0.4, -0.2) is 54.2 Å².